The lowest BCUT2D eigenvalue weighted by Crippen LogP contribution is -2.32. The highest BCUT2D eigenvalue weighted by Crippen LogP contribution is 2.18. The van der Waals surface area contributed by atoms with Crippen molar-refractivity contribution in [3.8, 4) is 5.75 Å². The van der Waals surface area contributed by atoms with Gasteiger partial charge in [-0.1, -0.05) is 42.0 Å². The van der Waals surface area contributed by atoms with E-state index < -0.39 is 17.6 Å². The Morgan fingerprint density at radius 1 is 0.967 bits per heavy atom. The van der Waals surface area contributed by atoms with Crippen LogP contribution in [0, 0.1) is 12.7 Å². The van der Waals surface area contributed by atoms with Crippen LogP contribution < -0.4 is 15.5 Å². The van der Waals surface area contributed by atoms with Gasteiger partial charge in [-0.05, 0) is 48.9 Å². The maximum atomic E-state index is 12.9. The summed E-state index contributed by atoms with van der Waals surface area (Å²) in [7, 11) is 0. The van der Waals surface area contributed by atoms with Gasteiger partial charge >= 0.3 is 11.8 Å². The zero-order valence-electron chi connectivity index (χ0n) is 16.3. The van der Waals surface area contributed by atoms with Crippen LogP contribution in [0.15, 0.2) is 77.9 Å². The van der Waals surface area contributed by atoms with Gasteiger partial charge in [-0.15, -0.1) is 0 Å². The zero-order valence-corrected chi connectivity index (χ0v) is 16.3. The van der Waals surface area contributed by atoms with Crippen LogP contribution >= 0.6 is 0 Å². The predicted molar refractivity (Wildman–Crippen MR) is 113 cm³/mol. The molecule has 152 valence electrons. The third-order valence-electron chi connectivity index (χ3n) is 4.11. The molecule has 30 heavy (non-hydrogen) atoms. The van der Waals surface area contributed by atoms with Crippen molar-refractivity contribution in [2.45, 2.75) is 13.5 Å². The Morgan fingerprint density at radius 2 is 1.67 bits per heavy atom. The average molecular weight is 405 g/mol. The van der Waals surface area contributed by atoms with Gasteiger partial charge in [0.2, 0.25) is 0 Å². The topological polar surface area (TPSA) is 79.8 Å². The number of anilines is 1. The number of aryl methyl sites for hydroxylation is 1. The first-order valence-electron chi connectivity index (χ1n) is 9.18. The normalized spacial score (nSPS) is 10.6. The van der Waals surface area contributed by atoms with Gasteiger partial charge in [-0.25, -0.2) is 9.82 Å². The van der Waals surface area contributed by atoms with Crippen molar-refractivity contribution in [1.82, 2.24) is 5.43 Å². The van der Waals surface area contributed by atoms with E-state index in [4.69, 9.17) is 4.74 Å². The van der Waals surface area contributed by atoms with Gasteiger partial charge in [-0.3, -0.25) is 9.59 Å². The Morgan fingerprint density at radius 3 is 2.40 bits per heavy atom. The van der Waals surface area contributed by atoms with E-state index in [9.17, 15) is 14.0 Å². The third-order valence-corrected chi connectivity index (χ3v) is 4.11. The highest BCUT2D eigenvalue weighted by atomic mass is 19.1. The number of hydrogen-bond donors (Lipinski definition) is 2. The van der Waals surface area contributed by atoms with Crippen molar-refractivity contribution in [2.75, 3.05) is 5.32 Å². The number of hydrogen-bond acceptors (Lipinski definition) is 4. The molecule has 0 saturated heterocycles. The number of ether oxygens (including phenoxy) is 1. The highest BCUT2D eigenvalue weighted by molar-refractivity contribution is 6.39. The van der Waals surface area contributed by atoms with E-state index in [0.717, 1.165) is 5.56 Å². The van der Waals surface area contributed by atoms with Crippen molar-refractivity contribution in [3.63, 3.8) is 0 Å². The van der Waals surface area contributed by atoms with Crippen molar-refractivity contribution < 1.29 is 18.7 Å². The first-order valence-corrected chi connectivity index (χ1v) is 9.18. The van der Waals surface area contributed by atoms with Crippen molar-refractivity contribution in [3.05, 3.63) is 95.3 Å². The van der Waals surface area contributed by atoms with Crippen LogP contribution in [0.25, 0.3) is 0 Å². The van der Waals surface area contributed by atoms with Gasteiger partial charge in [-0.2, -0.15) is 5.10 Å². The molecule has 3 aromatic carbocycles. The molecule has 0 aliphatic carbocycles. The number of halogens is 1. The molecule has 2 amide bonds. The summed E-state index contributed by atoms with van der Waals surface area (Å²) in [5.41, 5.74) is 5.30. The molecule has 2 N–H and O–H groups in total. The first kappa shape index (κ1) is 20.7. The highest BCUT2D eigenvalue weighted by Gasteiger charge is 2.13. The van der Waals surface area contributed by atoms with Crippen molar-refractivity contribution in [1.29, 1.82) is 0 Å². The van der Waals surface area contributed by atoms with E-state index in [2.05, 4.69) is 15.8 Å². The minimum Gasteiger partial charge on any atom is -0.488 e. The number of hydrazone groups is 1. The van der Waals surface area contributed by atoms with Gasteiger partial charge in [0, 0.05) is 11.3 Å². The molecule has 0 aliphatic rings. The Kier molecular flexibility index (Phi) is 6.89. The summed E-state index contributed by atoms with van der Waals surface area (Å²) in [5.74, 6) is -1.71. The molecule has 0 aromatic heterocycles. The molecule has 0 atom stereocenters. The average Bonchev–Trinajstić information content (AvgIpc) is 2.75. The molecule has 0 radical (unpaired) electrons. The number of rotatable bonds is 6. The summed E-state index contributed by atoms with van der Waals surface area (Å²) in [6.45, 7) is 2.40. The largest absolute Gasteiger partial charge is 0.488 e. The molecular formula is C23H20FN3O3. The third kappa shape index (κ3) is 6.00. The molecule has 3 rings (SSSR count). The van der Waals surface area contributed by atoms with E-state index in [0.29, 0.717) is 23.6 Å². The van der Waals surface area contributed by atoms with Crippen LogP contribution in [0.2, 0.25) is 0 Å². The van der Waals surface area contributed by atoms with Crippen LogP contribution in [-0.2, 0) is 16.2 Å². The number of nitrogens with zero attached hydrogens (tertiary/aromatic N) is 1. The molecular weight excluding hydrogens is 385 g/mol. The maximum absolute atomic E-state index is 12.9. The summed E-state index contributed by atoms with van der Waals surface area (Å²) in [5, 5.41) is 6.18. The van der Waals surface area contributed by atoms with Crippen LogP contribution in [0.3, 0.4) is 0 Å². The molecule has 7 heteroatoms. The number of carbonyl (C=O) groups is 2. The fraction of sp³-hybridized carbons (Fsp3) is 0.0870. The van der Waals surface area contributed by atoms with Crippen molar-refractivity contribution in [2.24, 2.45) is 5.10 Å². The minimum atomic E-state index is -0.950. The fourth-order valence-corrected chi connectivity index (χ4v) is 2.50. The molecule has 0 heterocycles. The monoisotopic (exact) mass is 405 g/mol. The molecule has 3 aromatic rings. The van der Waals surface area contributed by atoms with Crippen molar-refractivity contribution >= 4 is 23.7 Å². The lowest BCUT2D eigenvalue weighted by molar-refractivity contribution is -0.136. The standard InChI is InChI=1S/C23H20FN3O3/c1-16-6-8-17(9-7-16)15-30-21-5-3-2-4-18(21)14-25-27-23(29)22(28)26-20-12-10-19(24)11-13-20/h2-14H,15H2,1H3,(H,26,28)(H,27,29)/b25-14-. The second-order valence-corrected chi connectivity index (χ2v) is 6.47. The minimum absolute atomic E-state index is 0.301. The maximum Gasteiger partial charge on any atom is 0.329 e. The lowest BCUT2D eigenvalue weighted by atomic mass is 10.1. The van der Waals surface area contributed by atoms with Gasteiger partial charge in [0.15, 0.2) is 0 Å². The summed E-state index contributed by atoms with van der Waals surface area (Å²) >= 11 is 0. The molecule has 6 nitrogen and oxygen atoms in total. The second-order valence-electron chi connectivity index (χ2n) is 6.47. The van der Waals surface area contributed by atoms with Gasteiger partial charge in [0.1, 0.15) is 18.2 Å². The van der Waals surface area contributed by atoms with Crippen LogP contribution in [0.1, 0.15) is 16.7 Å². The number of para-hydroxylation sites is 1. The summed E-state index contributed by atoms with van der Waals surface area (Å²) < 4.78 is 18.7. The number of nitrogens with one attached hydrogen (secondary N) is 2. The Balaban J connectivity index is 1.56. The SMILES string of the molecule is Cc1ccc(COc2ccccc2/C=N\NC(=O)C(=O)Nc2ccc(F)cc2)cc1. The first-order chi connectivity index (χ1) is 14.5. The molecule has 0 bridgehead atoms. The molecule has 0 spiro atoms. The zero-order chi connectivity index (χ0) is 21.3. The smallest absolute Gasteiger partial charge is 0.329 e. The van der Waals surface area contributed by atoms with E-state index in [1.807, 2.05) is 43.3 Å². The number of carbonyl (C=O) groups excluding carboxylic acids is 2. The number of amides is 2. The van der Waals surface area contributed by atoms with E-state index in [-0.39, 0.29) is 0 Å². The molecule has 0 fully saturated rings. The predicted octanol–water partition coefficient (Wildman–Crippen LogP) is 3.80. The Labute approximate surface area is 173 Å². The Bertz CT molecular complexity index is 1050. The molecule has 0 saturated carbocycles. The van der Waals surface area contributed by atoms with E-state index in [1.54, 1.807) is 12.1 Å². The quantitative estimate of drug-likeness (QED) is 0.372. The summed E-state index contributed by atoms with van der Waals surface area (Å²) in [4.78, 5) is 23.8. The second kappa shape index (κ2) is 9.97. The molecule has 0 unspecified atom stereocenters. The fourth-order valence-electron chi connectivity index (χ4n) is 2.50. The molecule has 0 aliphatic heterocycles. The lowest BCUT2D eigenvalue weighted by Gasteiger charge is -2.09. The van der Waals surface area contributed by atoms with Crippen LogP contribution in [-0.4, -0.2) is 18.0 Å². The van der Waals surface area contributed by atoms with E-state index in [1.165, 1.54) is 36.0 Å². The van der Waals surface area contributed by atoms with Crippen LogP contribution in [0.5, 0.6) is 5.75 Å². The van der Waals surface area contributed by atoms with Gasteiger partial charge in [0.25, 0.3) is 0 Å². The Hall–Kier alpha value is -4.00. The summed E-state index contributed by atoms with van der Waals surface area (Å²) in [6.07, 6.45) is 1.40. The van der Waals surface area contributed by atoms with E-state index >= 15 is 0 Å². The summed E-state index contributed by atoms with van der Waals surface area (Å²) in [6, 6.07) is 20.3. The number of benzene rings is 3. The van der Waals surface area contributed by atoms with Gasteiger partial charge in [0.05, 0.1) is 6.21 Å². The van der Waals surface area contributed by atoms with Gasteiger partial charge < -0.3 is 10.1 Å². The van der Waals surface area contributed by atoms with Crippen LogP contribution in [0.4, 0.5) is 10.1 Å².